The Kier molecular flexibility index (Phi) is 6.11. The molecule has 1 saturated heterocycles. The van der Waals surface area contributed by atoms with Gasteiger partial charge in [0.15, 0.2) is 0 Å². The van der Waals surface area contributed by atoms with Crippen LogP contribution in [0.1, 0.15) is 41.6 Å². The number of benzene rings is 2. The highest BCUT2D eigenvalue weighted by molar-refractivity contribution is 6.30. The van der Waals surface area contributed by atoms with Crippen LogP contribution in [0.3, 0.4) is 0 Å². The third-order valence-corrected chi connectivity index (χ3v) is 5.29. The van der Waals surface area contributed by atoms with Crippen molar-refractivity contribution in [2.24, 2.45) is 0 Å². The Balaban J connectivity index is 1.66. The molecule has 1 heterocycles. The van der Waals surface area contributed by atoms with E-state index in [1.165, 1.54) is 31.4 Å². The molecule has 1 unspecified atom stereocenters. The van der Waals surface area contributed by atoms with Gasteiger partial charge in [-0.05, 0) is 75.2 Å². The van der Waals surface area contributed by atoms with Crippen LogP contribution in [0.25, 0.3) is 0 Å². The quantitative estimate of drug-likeness (QED) is 0.816. The molecule has 1 atom stereocenters. The predicted molar refractivity (Wildman–Crippen MR) is 104 cm³/mol. The first-order valence-electron chi connectivity index (χ1n) is 8.98. The first-order valence-corrected chi connectivity index (χ1v) is 9.36. The van der Waals surface area contributed by atoms with Crippen LogP contribution in [0.15, 0.2) is 48.5 Å². The molecule has 0 aromatic heterocycles. The summed E-state index contributed by atoms with van der Waals surface area (Å²) < 4.78 is 0. The molecular formula is C21H25ClN2O. The monoisotopic (exact) mass is 356 g/mol. The summed E-state index contributed by atoms with van der Waals surface area (Å²) in [4.78, 5) is 14.9. The average Bonchev–Trinajstić information content (AvgIpc) is 2.62. The van der Waals surface area contributed by atoms with Gasteiger partial charge in [0, 0.05) is 22.3 Å². The lowest BCUT2D eigenvalue weighted by Crippen LogP contribution is -2.36. The maximum Gasteiger partial charge on any atom is 0.255 e. The molecule has 1 fully saturated rings. The number of likely N-dealkylation sites (tertiary alicyclic amines) is 1. The molecule has 0 saturated carbocycles. The number of hydrogen-bond acceptors (Lipinski definition) is 2. The smallest absolute Gasteiger partial charge is 0.255 e. The van der Waals surface area contributed by atoms with Crippen molar-refractivity contribution in [1.29, 1.82) is 0 Å². The van der Waals surface area contributed by atoms with Gasteiger partial charge in [0.05, 0.1) is 0 Å². The van der Waals surface area contributed by atoms with E-state index in [0.717, 1.165) is 18.5 Å². The standard InChI is InChI=1S/C21H25ClN2O/c1-24-15-5-4-7-19(24)14-11-16-6-2-3-8-20(16)23-21(25)17-9-12-18(22)13-10-17/h2-3,6,8-10,12-13,19H,4-5,7,11,14-15H2,1H3,(H,23,25). The topological polar surface area (TPSA) is 32.3 Å². The van der Waals surface area contributed by atoms with Crippen LogP contribution >= 0.6 is 11.6 Å². The van der Waals surface area contributed by atoms with Gasteiger partial charge in [0.25, 0.3) is 5.91 Å². The van der Waals surface area contributed by atoms with Crippen molar-refractivity contribution < 1.29 is 4.79 Å². The van der Waals surface area contributed by atoms with E-state index in [9.17, 15) is 4.79 Å². The fourth-order valence-corrected chi connectivity index (χ4v) is 3.61. The molecule has 3 nitrogen and oxygen atoms in total. The summed E-state index contributed by atoms with van der Waals surface area (Å²) in [6.07, 6.45) is 6.01. The lowest BCUT2D eigenvalue weighted by atomic mass is 9.96. The first kappa shape index (κ1) is 18.0. The number of hydrogen-bond donors (Lipinski definition) is 1. The van der Waals surface area contributed by atoms with Crippen LogP contribution in [0, 0.1) is 0 Å². The third-order valence-electron chi connectivity index (χ3n) is 5.04. The molecule has 1 aliphatic rings. The van der Waals surface area contributed by atoms with Gasteiger partial charge in [-0.3, -0.25) is 4.79 Å². The van der Waals surface area contributed by atoms with Crippen molar-refractivity contribution in [2.75, 3.05) is 18.9 Å². The van der Waals surface area contributed by atoms with E-state index >= 15 is 0 Å². The molecule has 0 spiro atoms. The number of rotatable bonds is 5. The second-order valence-electron chi connectivity index (χ2n) is 6.79. The van der Waals surface area contributed by atoms with Crippen LogP contribution in [0.5, 0.6) is 0 Å². The lowest BCUT2D eigenvalue weighted by molar-refractivity contribution is 0.102. The SMILES string of the molecule is CN1CCCCC1CCc1ccccc1NC(=O)c1ccc(Cl)cc1. The van der Waals surface area contributed by atoms with Crippen molar-refractivity contribution in [2.45, 2.75) is 38.1 Å². The maximum absolute atomic E-state index is 12.5. The number of carbonyl (C=O) groups excluding carboxylic acids is 1. The number of aryl methyl sites for hydroxylation is 1. The number of para-hydroxylation sites is 1. The predicted octanol–water partition coefficient (Wildman–Crippen LogP) is 5.01. The number of piperidine rings is 1. The molecule has 1 N–H and O–H groups in total. The highest BCUT2D eigenvalue weighted by Crippen LogP contribution is 2.23. The maximum atomic E-state index is 12.5. The van der Waals surface area contributed by atoms with Gasteiger partial charge in [-0.2, -0.15) is 0 Å². The zero-order chi connectivity index (χ0) is 17.6. The van der Waals surface area contributed by atoms with E-state index in [-0.39, 0.29) is 5.91 Å². The van der Waals surface area contributed by atoms with Crippen LogP contribution < -0.4 is 5.32 Å². The van der Waals surface area contributed by atoms with Gasteiger partial charge in [-0.1, -0.05) is 36.2 Å². The van der Waals surface area contributed by atoms with Gasteiger partial charge in [0.2, 0.25) is 0 Å². The summed E-state index contributed by atoms with van der Waals surface area (Å²) in [5.74, 6) is -0.0982. The zero-order valence-corrected chi connectivity index (χ0v) is 15.4. The van der Waals surface area contributed by atoms with Crippen molar-refractivity contribution in [3.05, 3.63) is 64.7 Å². The van der Waals surface area contributed by atoms with Crippen molar-refractivity contribution in [3.8, 4) is 0 Å². The van der Waals surface area contributed by atoms with E-state index in [1.807, 2.05) is 18.2 Å². The molecule has 2 aromatic carbocycles. The minimum atomic E-state index is -0.0982. The molecule has 0 radical (unpaired) electrons. The van der Waals surface area contributed by atoms with E-state index < -0.39 is 0 Å². The molecular weight excluding hydrogens is 332 g/mol. The summed E-state index contributed by atoms with van der Waals surface area (Å²) in [7, 11) is 2.22. The zero-order valence-electron chi connectivity index (χ0n) is 14.7. The Morgan fingerprint density at radius 2 is 1.92 bits per heavy atom. The van der Waals surface area contributed by atoms with Gasteiger partial charge in [-0.15, -0.1) is 0 Å². The van der Waals surface area contributed by atoms with Crippen LogP contribution in [-0.2, 0) is 6.42 Å². The molecule has 0 aliphatic carbocycles. The molecule has 4 heteroatoms. The Morgan fingerprint density at radius 1 is 1.16 bits per heavy atom. The van der Waals surface area contributed by atoms with E-state index in [4.69, 9.17) is 11.6 Å². The van der Waals surface area contributed by atoms with Crippen LogP contribution in [-0.4, -0.2) is 30.4 Å². The minimum absolute atomic E-state index is 0.0982. The summed E-state index contributed by atoms with van der Waals surface area (Å²) in [6, 6.07) is 15.7. The number of nitrogens with one attached hydrogen (secondary N) is 1. The lowest BCUT2D eigenvalue weighted by Gasteiger charge is -2.32. The largest absolute Gasteiger partial charge is 0.322 e. The second kappa shape index (κ2) is 8.50. The van der Waals surface area contributed by atoms with Crippen molar-refractivity contribution >= 4 is 23.2 Å². The molecule has 2 aromatic rings. The first-order chi connectivity index (χ1) is 12.1. The van der Waals surface area contributed by atoms with Gasteiger partial charge in [0.1, 0.15) is 0 Å². The number of nitrogens with zero attached hydrogens (tertiary/aromatic N) is 1. The number of amides is 1. The number of halogens is 1. The van der Waals surface area contributed by atoms with Crippen molar-refractivity contribution in [1.82, 2.24) is 4.90 Å². The molecule has 0 bridgehead atoms. The van der Waals surface area contributed by atoms with E-state index in [1.54, 1.807) is 24.3 Å². The number of carbonyl (C=O) groups is 1. The summed E-state index contributed by atoms with van der Waals surface area (Å²) >= 11 is 5.89. The van der Waals surface area contributed by atoms with E-state index in [2.05, 4.69) is 23.3 Å². The highest BCUT2D eigenvalue weighted by atomic mass is 35.5. The van der Waals surface area contributed by atoms with Gasteiger partial charge >= 0.3 is 0 Å². The Hall–Kier alpha value is -1.84. The second-order valence-corrected chi connectivity index (χ2v) is 7.22. The average molecular weight is 357 g/mol. The van der Waals surface area contributed by atoms with Crippen LogP contribution in [0.2, 0.25) is 5.02 Å². The molecule has 132 valence electrons. The van der Waals surface area contributed by atoms with Crippen molar-refractivity contribution in [3.63, 3.8) is 0 Å². The fraction of sp³-hybridized carbons (Fsp3) is 0.381. The highest BCUT2D eigenvalue weighted by Gasteiger charge is 2.19. The van der Waals surface area contributed by atoms with Crippen LogP contribution in [0.4, 0.5) is 5.69 Å². The Morgan fingerprint density at radius 3 is 2.68 bits per heavy atom. The summed E-state index contributed by atoms with van der Waals surface area (Å²) in [5.41, 5.74) is 2.72. The van der Waals surface area contributed by atoms with Gasteiger partial charge in [-0.25, -0.2) is 0 Å². The normalized spacial score (nSPS) is 18.1. The summed E-state index contributed by atoms with van der Waals surface area (Å²) in [6.45, 7) is 1.19. The van der Waals surface area contributed by atoms with Gasteiger partial charge < -0.3 is 10.2 Å². The third kappa shape index (κ3) is 4.83. The Bertz CT molecular complexity index is 714. The number of anilines is 1. The molecule has 1 aliphatic heterocycles. The Labute approximate surface area is 155 Å². The minimum Gasteiger partial charge on any atom is -0.322 e. The summed E-state index contributed by atoms with van der Waals surface area (Å²) in [5, 5.41) is 3.68. The molecule has 25 heavy (non-hydrogen) atoms. The molecule has 3 rings (SSSR count). The fourth-order valence-electron chi connectivity index (χ4n) is 3.49. The molecule has 1 amide bonds. The van der Waals surface area contributed by atoms with E-state index in [0.29, 0.717) is 16.6 Å².